The number of carbonyl (C=O) groups excluding carboxylic acids is 1. The Morgan fingerprint density at radius 1 is 1.18 bits per heavy atom. The summed E-state index contributed by atoms with van der Waals surface area (Å²) in [5.41, 5.74) is 5.32. The number of unbranched alkanes of at least 4 members (excludes halogenated alkanes) is 1. The molecule has 5 heterocycles. The van der Waals surface area contributed by atoms with Crippen LogP contribution in [0.4, 0.5) is 0 Å². The number of hydrogen-bond donors (Lipinski definition) is 1. The van der Waals surface area contributed by atoms with Crippen molar-refractivity contribution in [3.8, 4) is 23.1 Å². The van der Waals surface area contributed by atoms with E-state index in [1.165, 1.54) is 30.5 Å². The van der Waals surface area contributed by atoms with E-state index in [-0.39, 0.29) is 5.91 Å². The van der Waals surface area contributed by atoms with Gasteiger partial charge in [0.2, 0.25) is 5.91 Å². The van der Waals surface area contributed by atoms with Gasteiger partial charge in [0.15, 0.2) is 0 Å². The van der Waals surface area contributed by atoms with E-state index < -0.39 is 0 Å². The molecule has 1 aromatic carbocycles. The van der Waals surface area contributed by atoms with E-state index in [2.05, 4.69) is 46.1 Å². The minimum absolute atomic E-state index is 0.115. The number of pyridine rings is 1. The average Bonchev–Trinajstić information content (AvgIpc) is 3.36. The quantitative estimate of drug-likeness (QED) is 0.380. The van der Waals surface area contributed by atoms with E-state index in [0.29, 0.717) is 12.6 Å². The molecule has 1 amide bonds. The van der Waals surface area contributed by atoms with Crippen molar-refractivity contribution in [2.75, 3.05) is 32.8 Å². The maximum absolute atomic E-state index is 12.3. The van der Waals surface area contributed by atoms with Crippen LogP contribution in [0.1, 0.15) is 74.9 Å². The number of rotatable bonds is 5. The maximum Gasteiger partial charge on any atom is 0.219 e. The molecule has 2 fully saturated rings. The Balaban J connectivity index is 1.26. The topological polar surface area (TPSA) is 72.3 Å². The first-order chi connectivity index (χ1) is 19.2. The Kier molecular flexibility index (Phi) is 7.94. The van der Waals surface area contributed by atoms with Crippen molar-refractivity contribution in [1.29, 1.82) is 0 Å². The standard InChI is InChI=1S/C32H39N5O2/c1-23(38)36-17-12-31-30(22-36)32(35-37(31)27-13-18-39-19-14-27)28-9-5-7-25-20-26(34-21-29(25)28)8-4-2-3-6-24-10-15-33-16-11-24/h5,7,9,20-21,24,27,33H,2-3,6,10-19,22H2,1H3. The fourth-order valence-corrected chi connectivity index (χ4v) is 6.41. The second kappa shape index (κ2) is 11.9. The summed E-state index contributed by atoms with van der Waals surface area (Å²) in [7, 11) is 0. The van der Waals surface area contributed by atoms with Gasteiger partial charge in [-0.15, -0.1) is 0 Å². The number of benzene rings is 1. The predicted molar refractivity (Wildman–Crippen MR) is 153 cm³/mol. The van der Waals surface area contributed by atoms with Crippen LogP contribution in [-0.4, -0.2) is 58.4 Å². The molecule has 1 N–H and O–H groups in total. The first-order valence-corrected chi connectivity index (χ1v) is 14.7. The maximum atomic E-state index is 12.3. The molecule has 7 nitrogen and oxygen atoms in total. The number of nitrogens with zero attached hydrogens (tertiary/aromatic N) is 4. The normalized spacial score (nSPS) is 18.5. The molecule has 0 saturated carbocycles. The first kappa shape index (κ1) is 26.0. The van der Waals surface area contributed by atoms with E-state index in [1.807, 2.05) is 11.1 Å². The van der Waals surface area contributed by atoms with E-state index in [1.54, 1.807) is 6.92 Å². The van der Waals surface area contributed by atoms with Crippen molar-refractivity contribution >= 4 is 16.7 Å². The molecule has 39 heavy (non-hydrogen) atoms. The average molecular weight is 526 g/mol. The number of ether oxygens (including phenoxy) is 1. The number of amides is 1. The molecule has 0 unspecified atom stereocenters. The largest absolute Gasteiger partial charge is 0.381 e. The molecule has 6 rings (SSSR count). The van der Waals surface area contributed by atoms with Crippen LogP contribution < -0.4 is 5.32 Å². The molecule has 0 bridgehead atoms. The fourth-order valence-electron chi connectivity index (χ4n) is 6.41. The highest BCUT2D eigenvalue weighted by Crippen LogP contribution is 2.37. The molecule has 2 saturated heterocycles. The highest BCUT2D eigenvalue weighted by Gasteiger charge is 2.30. The van der Waals surface area contributed by atoms with E-state index in [4.69, 9.17) is 14.8 Å². The molecule has 3 aromatic rings. The van der Waals surface area contributed by atoms with Gasteiger partial charge in [-0.3, -0.25) is 9.48 Å². The van der Waals surface area contributed by atoms with Crippen LogP contribution in [0.5, 0.6) is 0 Å². The Hall–Kier alpha value is -3.21. The van der Waals surface area contributed by atoms with Gasteiger partial charge >= 0.3 is 0 Å². The van der Waals surface area contributed by atoms with E-state index >= 15 is 0 Å². The molecule has 0 spiro atoms. The van der Waals surface area contributed by atoms with Crippen molar-refractivity contribution < 1.29 is 9.53 Å². The van der Waals surface area contributed by atoms with Gasteiger partial charge in [-0.05, 0) is 74.9 Å². The molecule has 3 aliphatic rings. The van der Waals surface area contributed by atoms with Gasteiger partial charge in [-0.25, -0.2) is 4.98 Å². The number of carbonyl (C=O) groups is 1. The number of fused-ring (bicyclic) bond motifs is 2. The highest BCUT2D eigenvalue weighted by molar-refractivity contribution is 5.96. The summed E-state index contributed by atoms with van der Waals surface area (Å²) in [6, 6.07) is 8.81. The third kappa shape index (κ3) is 5.73. The van der Waals surface area contributed by atoms with Crippen LogP contribution >= 0.6 is 0 Å². The van der Waals surface area contributed by atoms with Gasteiger partial charge in [0, 0.05) is 74.5 Å². The van der Waals surface area contributed by atoms with Crippen LogP contribution in [0, 0.1) is 17.8 Å². The number of piperidine rings is 1. The summed E-state index contributed by atoms with van der Waals surface area (Å²) < 4.78 is 7.88. The molecule has 2 aromatic heterocycles. The first-order valence-electron chi connectivity index (χ1n) is 14.7. The van der Waals surface area contributed by atoms with Crippen molar-refractivity contribution in [3.05, 3.63) is 47.4 Å². The number of hydrogen-bond acceptors (Lipinski definition) is 5. The van der Waals surface area contributed by atoms with Crippen LogP contribution in [-0.2, 0) is 22.5 Å². The molecular formula is C32H39N5O2. The highest BCUT2D eigenvalue weighted by atomic mass is 16.5. The second-order valence-corrected chi connectivity index (χ2v) is 11.2. The van der Waals surface area contributed by atoms with Crippen molar-refractivity contribution in [2.24, 2.45) is 5.92 Å². The zero-order valence-electron chi connectivity index (χ0n) is 23.0. The lowest BCUT2D eigenvalue weighted by Gasteiger charge is -2.29. The minimum Gasteiger partial charge on any atom is -0.381 e. The molecule has 3 aliphatic heterocycles. The summed E-state index contributed by atoms with van der Waals surface area (Å²) in [6.07, 6.45) is 10.7. The van der Waals surface area contributed by atoms with Gasteiger partial charge in [0.25, 0.3) is 0 Å². The minimum atomic E-state index is 0.115. The predicted octanol–water partition coefficient (Wildman–Crippen LogP) is 4.88. The molecule has 0 atom stereocenters. The smallest absolute Gasteiger partial charge is 0.219 e. The molecule has 0 aliphatic carbocycles. The van der Waals surface area contributed by atoms with Crippen molar-refractivity contribution in [1.82, 2.24) is 25.0 Å². The van der Waals surface area contributed by atoms with Crippen LogP contribution in [0.15, 0.2) is 30.5 Å². The zero-order chi connectivity index (χ0) is 26.6. The lowest BCUT2D eigenvalue weighted by atomic mass is 9.92. The summed E-state index contributed by atoms with van der Waals surface area (Å²) in [5.74, 6) is 7.63. The van der Waals surface area contributed by atoms with Gasteiger partial charge in [0.1, 0.15) is 5.69 Å². The summed E-state index contributed by atoms with van der Waals surface area (Å²) in [4.78, 5) is 18.9. The fraction of sp³-hybridized carbons (Fsp3) is 0.531. The molecular weight excluding hydrogens is 486 g/mol. The molecule has 0 radical (unpaired) electrons. The number of aromatic nitrogens is 3. The third-order valence-corrected chi connectivity index (χ3v) is 8.68. The van der Waals surface area contributed by atoms with Gasteiger partial charge in [-0.1, -0.05) is 24.1 Å². The monoisotopic (exact) mass is 525 g/mol. The Bertz CT molecular complexity index is 1390. The van der Waals surface area contributed by atoms with Crippen LogP contribution in [0.25, 0.3) is 22.0 Å². The van der Waals surface area contributed by atoms with Crippen molar-refractivity contribution in [2.45, 2.75) is 70.9 Å². The van der Waals surface area contributed by atoms with Gasteiger partial charge in [0.05, 0.1) is 11.7 Å². The van der Waals surface area contributed by atoms with Crippen molar-refractivity contribution in [3.63, 3.8) is 0 Å². The van der Waals surface area contributed by atoms with Gasteiger partial charge in [-0.2, -0.15) is 5.10 Å². The summed E-state index contributed by atoms with van der Waals surface area (Å²) >= 11 is 0. The lowest BCUT2D eigenvalue weighted by molar-refractivity contribution is -0.129. The van der Waals surface area contributed by atoms with E-state index in [9.17, 15) is 4.79 Å². The van der Waals surface area contributed by atoms with Crippen LogP contribution in [0.3, 0.4) is 0 Å². The Labute approximate surface area is 231 Å². The Morgan fingerprint density at radius 3 is 2.85 bits per heavy atom. The van der Waals surface area contributed by atoms with Gasteiger partial charge < -0.3 is 15.0 Å². The second-order valence-electron chi connectivity index (χ2n) is 11.2. The molecule has 7 heteroatoms. The Morgan fingerprint density at radius 2 is 2.03 bits per heavy atom. The summed E-state index contributed by atoms with van der Waals surface area (Å²) in [5, 5.41) is 10.9. The lowest BCUT2D eigenvalue weighted by Crippen LogP contribution is -2.35. The van der Waals surface area contributed by atoms with Crippen LogP contribution in [0.2, 0.25) is 0 Å². The third-order valence-electron chi connectivity index (χ3n) is 8.68. The van der Waals surface area contributed by atoms with E-state index in [0.717, 1.165) is 98.6 Å². The summed E-state index contributed by atoms with van der Waals surface area (Å²) in [6.45, 7) is 6.87. The SMILES string of the molecule is CC(=O)N1CCc2c(c(-c3cccc4cc(C#CCCCC5CCNCC5)ncc34)nn2C2CCOCC2)C1. The molecule has 204 valence electrons. The number of nitrogens with one attached hydrogen (secondary N) is 1. The zero-order valence-corrected chi connectivity index (χ0v) is 23.0.